The molecule has 0 radical (unpaired) electrons. The van der Waals surface area contributed by atoms with E-state index >= 15 is 0 Å². The third-order valence-corrected chi connectivity index (χ3v) is 10.1. The highest BCUT2D eigenvalue weighted by atomic mass is 15.0. The molecule has 0 aliphatic rings. The van der Waals surface area contributed by atoms with Crippen molar-refractivity contribution in [2.24, 2.45) is 0 Å². The highest BCUT2D eigenvalue weighted by Crippen LogP contribution is 2.40. The molecule has 0 aliphatic carbocycles. The predicted molar refractivity (Wildman–Crippen MR) is 211 cm³/mol. The Bertz CT molecular complexity index is 2800. The Labute approximate surface area is 290 Å². The molecule has 8 aromatic carbocycles. The van der Waals surface area contributed by atoms with Crippen LogP contribution in [0.3, 0.4) is 0 Å². The first-order valence-electron chi connectivity index (χ1n) is 17.2. The monoisotopic (exact) mass is 636 g/mol. The van der Waals surface area contributed by atoms with Crippen LogP contribution in [0.15, 0.2) is 194 Å². The van der Waals surface area contributed by atoms with Crippen LogP contribution >= 0.6 is 0 Å². The molecule has 0 spiro atoms. The zero-order valence-corrected chi connectivity index (χ0v) is 27.4. The topological polar surface area (TPSA) is 9.86 Å². The summed E-state index contributed by atoms with van der Waals surface area (Å²) in [5, 5.41) is 5.02. The van der Waals surface area contributed by atoms with Gasteiger partial charge in [0.05, 0.1) is 22.1 Å². The van der Waals surface area contributed by atoms with Crippen LogP contribution in [-0.4, -0.2) is 9.13 Å². The summed E-state index contributed by atoms with van der Waals surface area (Å²) < 4.78 is 4.83. The molecule has 0 N–H and O–H groups in total. The van der Waals surface area contributed by atoms with E-state index in [-0.39, 0.29) is 0 Å². The largest absolute Gasteiger partial charge is 0.309 e. The van der Waals surface area contributed by atoms with E-state index in [2.05, 4.69) is 203 Å². The molecule has 10 rings (SSSR count). The van der Waals surface area contributed by atoms with E-state index in [4.69, 9.17) is 0 Å². The lowest BCUT2D eigenvalue weighted by molar-refractivity contribution is 1.17. The fraction of sp³-hybridized carbons (Fsp3) is 0. The van der Waals surface area contributed by atoms with Gasteiger partial charge in [0.15, 0.2) is 0 Å². The van der Waals surface area contributed by atoms with Crippen molar-refractivity contribution >= 4 is 43.6 Å². The van der Waals surface area contributed by atoms with Crippen LogP contribution in [0.5, 0.6) is 0 Å². The second-order valence-electron chi connectivity index (χ2n) is 13.0. The SMILES string of the molecule is c1ccc(-c2ccc(-c3ccccc3)c(-c3cccc(-n4c5ccccc5c5cc(-n6c7ccccc7c7ccccc76)ccc54)c3)c2)cc1. The maximum Gasteiger partial charge on any atom is 0.0542 e. The van der Waals surface area contributed by atoms with Gasteiger partial charge < -0.3 is 9.13 Å². The molecule has 0 atom stereocenters. The standard InChI is InChI=1S/C48H32N2/c1-3-14-33(15-4-1)35-26-28-39(34-16-5-2-6-17-34)43(31-35)36-18-13-19-37(30-36)49-47-25-12-9-22-42(47)44-32-38(27-29-48(44)49)50-45-23-10-7-20-40(45)41-21-8-11-24-46(41)50/h1-32H. The van der Waals surface area contributed by atoms with Gasteiger partial charge in [0.25, 0.3) is 0 Å². The Balaban J connectivity index is 1.18. The third kappa shape index (κ3) is 4.50. The van der Waals surface area contributed by atoms with Gasteiger partial charge in [-0.2, -0.15) is 0 Å². The lowest BCUT2D eigenvalue weighted by Gasteiger charge is -2.15. The molecule has 50 heavy (non-hydrogen) atoms. The molecule has 0 fully saturated rings. The molecular weight excluding hydrogens is 605 g/mol. The van der Waals surface area contributed by atoms with Crippen LogP contribution in [0, 0.1) is 0 Å². The summed E-state index contributed by atoms with van der Waals surface area (Å²) in [6.45, 7) is 0. The Morgan fingerprint density at radius 1 is 0.240 bits per heavy atom. The first kappa shape index (κ1) is 28.4. The Kier molecular flexibility index (Phi) is 6.53. The molecule has 0 saturated heterocycles. The molecule has 0 bridgehead atoms. The number of aromatic nitrogens is 2. The van der Waals surface area contributed by atoms with Crippen LogP contribution in [0.4, 0.5) is 0 Å². The third-order valence-electron chi connectivity index (χ3n) is 10.1. The zero-order valence-electron chi connectivity index (χ0n) is 27.4. The van der Waals surface area contributed by atoms with Crippen LogP contribution in [0.25, 0.3) is 88.4 Å². The van der Waals surface area contributed by atoms with E-state index in [1.54, 1.807) is 0 Å². The minimum atomic E-state index is 1.14. The van der Waals surface area contributed by atoms with Crippen molar-refractivity contribution in [3.63, 3.8) is 0 Å². The number of rotatable bonds is 5. The van der Waals surface area contributed by atoms with Gasteiger partial charge in [0.2, 0.25) is 0 Å². The van der Waals surface area contributed by atoms with Crippen LogP contribution in [0.2, 0.25) is 0 Å². The molecule has 10 aromatic rings. The quantitative estimate of drug-likeness (QED) is 0.178. The highest BCUT2D eigenvalue weighted by molar-refractivity contribution is 6.12. The summed E-state index contributed by atoms with van der Waals surface area (Å²) in [4.78, 5) is 0. The molecule has 234 valence electrons. The summed E-state index contributed by atoms with van der Waals surface area (Å²) in [5.41, 5.74) is 14.4. The lowest BCUT2D eigenvalue weighted by Crippen LogP contribution is -1.96. The maximum absolute atomic E-state index is 2.42. The lowest BCUT2D eigenvalue weighted by atomic mass is 9.91. The van der Waals surface area contributed by atoms with Crippen molar-refractivity contribution in [1.29, 1.82) is 0 Å². The average Bonchev–Trinajstić information content (AvgIpc) is 3.71. The molecule has 2 heterocycles. The molecule has 0 unspecified atom stereocenters. The van der Waals surface area contributed by atoms with Gasteiger partial charge in [-0.25, -0.2) is 0 Å². The van der Waals surface area contributed by atoms with Crippen LogP contribution in [0.1, 0.15) is 0 Å². The van der Waals surface area contributed by atoms with Gasteiger partial charge in [-0.05, 0) is 88.0 Å². The fourth-order valence-corrected chi connectivity index (χ4v) is 7.85. The molecule has 0 aliphatic heterocycles. The minimum absolute atomic E-state index is 1.14. The summed E-state index contributed by atoms with van der Waals surface area (Å²) in [5.74, 6) is 0. The number of nitrogens with zero attached hydrogens (tertiary/aromatic N) is 2. The Morgan fingerprint density at radius 3 is 1.38 bits per heavy atom. The second-order valence-corrected chi connectivity index (χ2v) is 13.0. The second kappa shape index (κ2) is 11.5. The van der Waals surface area contributed by atoms with Gasteiger partial charge in [-0.15, -0.1) is 0 Å². The summed E-state index contributed by atoms with van der Waals surface area (Å²) in [7, 11) is 0. The number of para-hydroxylation sites is 3. The first-order valence-corrected chi connectivity index (χ1v) is 17.2. The Hall–Kier alpha value is -6.64. The molecule has 0 saturated carbocycles. The smallest absolute Gasteiger partial charge is 0.0542 e. The molecule has 0 amide bonds. The number of benzene rings is 8. The summed E-state index contributed by atoms with van der Waals surface area (Å²) in [6.07, 6.45) is 0. The van der Waals surface area contributed by atoms with Gasteiger partial charge in [-0.3, -0.25) is 0 Å². The fourth-order valence-electron chi connectivity index (χ4n) is 7.85. The van der Waals surface area contributed by atoms with E-state index in [9.17, 15) is 0 Å². The van der Waals surface area contributed by atoms with Crippen molar-refractivity contribution in [3.8, 4) is 44.8 Å². The van der Waals surface area contributed by atoms with Crippen LogP contribution in [-0.2, 0) is 0 Å². The molecular formula is C48H32N2. The van der Waals surface area contributed by atoms with Gasteiger partial charge >= 0.3 is 0 Å². The van der Waals surface area contributed by atoms with E-state index in [0.29, 0.717) is 0 Å². The van der Waals surface area contributed by atoms with Gasteiger partial charge in [0, 0.05) is 32.9 Å². The van der Waals surface area contributed by atoms with Crippen molar-refractivity contribution in [2.75, 3.05) is 0 Å². The maximum atomic E-state index is 2.42. The van der Waals surface area contributed by atoms with Crippen molar-refractivity contribution < 1.29 is 0 Å². The van der Waals surface area contributed by atoms with Crippen LogP contribution < -0.4 is 0 Å². The first-order chi connectivity index (χ1) is 24.8. The summed E-state index contributed by atoms with van der Waals surface area (Å²) in [6, 6.07) is 70.4. The van der Waals surface area contributed by atoms with Crippen molar-refractivity contribution in [3.05, 3.63) is 194 Å². The van der Waals surface area contributed by atoms with Crippen molar-refractivity contribution in [2.45, 2.75) is 0 Å². The number of hydrogen-bond acceptors (Lipinski definition) is 0. The van der Waals surface area contributed by atoms with E-state index < -0.39 is 0 Å². The van der Waals surface area contributed by atoms with E-state index in [1.807, 2.05) is 0 Å². The Morgan fingerprint density at radius 2 is 0.740 bits per heavy atom. The molecule has 2 heteroatoms. The molecule has 2 nitrogen and oxygen atoms in total. The van der Waals surface area contributed by atoms with Gasteiger partial charge in [0.1, 0.15) is 0 Å². The number of fused-ring (bicyclic) bond motifs is 6. The molecule has 2 aromatic heterocycles. The van der Waals surface area contributed by atoms with E-state index in [0.717, 1.165) is 11.4 Å². The van der Waals surface area contributed by atoms with Gasteiger partial charge in [-0.1, -0.05) is 140 Å². The zero-order chi connectivity index (χ0) is 33.0. The summed E-state index contributed by atoms with van der Waals surface area (Å²) >= 11 is 0. The minimum Gasteiger partial charge on any atom is -0.309 e. The predicted octanol–water partition coefficient (Wildman–Crippen LogP) is 12.9. The van der Waals surface area contributed by atoms with Crippen molar-refractivity contribution in [1.82, 2.24) is 9.13 Å². The highest BCUT2D eigenvalue weighted by Gasteiger charge is 2.17. The number of hydrogen-bond donors (Lipinski definition) is 0. The average molecular weight is 637 g/mol. The van der Waals surface area contributed by atoms with E-state index in [1.165, 1.54) is 77.0 Å². The normalized spacial score (nSPS) is 11.6.